The predicted octanol–water partition coefficient (Wildman–Crippen LogP) is 4.61. The van der Waals surface area contributed by atoms with Crippen LogP contribution in [-0.4, -0.2) is 99.1 Å². The lowest BCUT2D eigenvalue weighted by Crippen LogP contribution is -2.47. The summed E-state index contributed by atoms with van der Waals surface area (Å²) in [5, 5.41) is 9.84. The number of hydrogen-bond donors (Lipinski definition) is 3. The highest BCUT2D eigenvalue weighted by molar-refractivity contribution is 6.12. The van der Waals surface area contributed by atoms with Crippen molar-refractivity contribution in [2.75, 3.05) is 32.8 Å². The number of imide groups is 1. The van der Waals surface area contributed by atoms with Crippen LogP contribution in [0, 0.1) is 17.0 Å². The molecule has 2 unspecified atom stereocenters. The lowest BCUT2D eigenvalue weighted by atomic mass is 9.84. The molecule has 4 amide bonds. The molecule has 4 rings (SSSR count). The summed E-state index contributed by atoms with van der Waals surface area (Å²) in [6.07, 6.45) is -0.685. The van der Waals surface area contributed by atoms with Crippen LogP contribution in [0.1, 0.15) is 58.0 Å². The van der Waals surface area contributed by atoms with E-state index < -0.39 is 59.0 Å². The summed E-state index contributed by atoms with van der Waals surface area (Å²) in [7, 11) is 0. The quantitative estimate of drug-likeness (QED) is 0.106. The maximum Gasteiger partial charge on any atom is 0.490 e. The first-order valence-electron chi connectivity index (χ1n) is 17.5. The van der Waals surface area contributed by atoms with E-state index >= 15 is 0 Å². The number of halogens is 5. The largest absolute Gasteiger partial charge is 0.490 e. The summed E-state index contributed by atoms with van der Waals surface area (Å²) in [4.78, 5) is 66.2. The van der Waals surface area contributed by atoms with Gasteiger partial charge in [0.15, 0.2) is 0 Å². The van der Waals surface area contributed by atoms with Crippen molar-refractivity contribution in [1.29, 1.82) is 0 Å². The lowest BCUT2D eigenvalue weighted by molar-refractivity contribution is -0.192. The number of aromatic nitrogens is 2. The Hall–Kier alpha value is -5.49. The fourth-order valence-corrected chi connectivity index (χ4v) is 5.67. The Morgan fingerprint density at radius 3 is 2.20 bits per heavy atom. The van der Waals surface area contributed by atoms with Crippen LogP contribution >= 0.6 is 0 Å². The zero-order chi connectivity index (χ0) is 41.8. The number of nitrogens with zero attached hydrogens (tertiary/aromatic N) is 4. The van der Waals surface area contributed by atoms with Crippen molar-refractivity contribution < 1.29 is 55.8 Å². The Labute approximate surface area is 320 Å². The number of nitrogens with two attached hydrogens (primary N) is 1. The molecule has 0 saturated carbocycles. The highest BCUT2D eigenvalue weighted by Gasteiger charge is 2.39. The second kappa shape index (κ2) is 19.9. The van der Waals surface area contributed by atoms with Gasteiger partial charge in [0.05, 0.1) is 37.5 Å². The van der Waals surface area contributed by atoms with E-state index in [1.54, 1.807) is 18.0 Å². The minimum Gasteiger partial charge on any atom is -0.475 e. The molecule has 0 radical (unpaired) electrons. The zero-order valence-corrected chi connectivity index (χ0v) is 31.3. The lowest BCUT2D eigenvalue weighted by Gasteiger charge is -2.40. The van der Waals surface area contributed by atoms with Crippen molar-refractivity contribution in [2.45, 2.75) is 65.3 Å². The summed E-state index contributed by atoms with van der Waals surface area (Å²) in [5.74, 6) is -4.88. The van der Waals surface area contributed by atoms with Crippen molar-refractivity contribution >= 4 is 29.6 Å². The number of carboxylic acids is 1. The van der Waals surface area contributed by atoms with Crippen LogP contribution in [0.5, 0.6) is 0 Å². The number of carbonyl (C=O) groups excluding carboxylic acids is 4. The number of nitrogens with one attached hydrogen (secondary N) is 1. The van der Waals surface area contributed by atoms with Gasteiger partial charge in [-0.05, 0) is 35.6 Å². The molecule has 13 nitrogen and oxygen atoms in total. The number of amides is 4. The standard InChI is InChI=1S/C36H44F2N6O5.C2HF3O2/c1-5-30(45)44(17-15-28(39)35(48)40-16-19-49-20-18-43-31(46)13-14-32(43)47)33(36(2,3)4)34-41-29(26-21-25(37)11-12-27(26)38)23-42(34)22-24-9-7-6-8-10-24;3-2(4,5)1(6)7/h6-14,21,23,28,33H,5,15-20,22,39H2,1-4H3,(H,40,48);(H,6,7). The normalized spacial score (nSPS) is 13.9. The minimum atomic E-state index is -5.08. The molecule has 1 aliphatic rings. The third-order valence-corrected chi connectivity index (χ3v) is 8.37. The number of aliphatic carboxylic acids is 1. The molecule has 56 heavy (non-hydrogen) atoms. The summed E-state index contributed by atoms with van der Waals surface area (Å²) < 4.78 is 68.2. The molecular weight excluding hydrogens is 747 g/mol. The van der Waals surface area contributed by atoms with Gasteiger partial charge in [-0.2, -0.15) is 13.2 Å². The topological polar surface area (TPSA) is 177 Å². The highest BCUT2D eigenvalue weighted by Crippen LogP contribution is 2.40. The Morgan fingerprint density at radius 2 is 1.62 bits per heavy atom. The van der Waals surface area contributed by atoms with E-state index in [1.807, 2.05) is 55.7 Å². The van der Waals surface area contributed by atoms with Crippen LogP contribution in [0.4, 0.5) is 22.0 Å². The molecule has 0 aliphatic carbocycles. The van der Waals surface area contributed by atoms with E-state index in [9.17, 15) is 41.1 Å². The van der Waals surface area contributed by atoms with E-state index in [4.69, 9.17) is 25.4 Å². The van der Waals surface area contributed by atoms with Gasteiger partial charge in [-0.15, -0.1) is 0 Å². The van der Waals surface area contributed by atoms with E-state index in [1.165, 1.54) is 12.2 Å². The fourth-order valence-electron chi connectivity index (χ4n) is 5.67. The number of imidazole rings is 1. The van der Waals surface area contributed by atoms with E-state index in [2.05, 4.69) is 5.32 Å². The van der Waals surface area contributed by atoms with Gasteiger partial charge >= 0.3 is 12.1 Å². The van der Waals surface area contributed by atoms with Crippen LogP contribution in [0.25, 0.3) is 11.3 Å². The van der Waals surface area contributed by atoms with Gasteiger partial charge in [-0.3, -0.25) is 24.1 Å². The van der Waals surface area contributed by atoms with Gasteiger partial charge in [0.25, 0.3) is 11.8 Å². The van der Waals surface area contributed by atoms with Crippen molar-refractivity contribution in [3.8, 4) is 11.3 Å². The summed E-state index contributed by atoms with van der Waals surface area (Å²) >= 11 is 0. The first-order valence-corrected chi connectivity index (χ1v) is 17.5. The third kappa shape index (κ3) is 12.8. The molecule has 2 aromatic carbocycles. The summed E-state index contributed by atoms with van der Waals surface area (Å²) in [6.45, 7) is 8.69. The zero-order valence-electron chi connectivity index (χ0n) is 31.3. The van der Waals surface area contributed by atoms with Gasteiger partial charge in [0.2, 0.25) is 11.8 Å². The minimum absolute atomic E-state index is 0.00629. The number of alkyl halides is 3. The molecule has 1 aromatic heterocycles. The van der Waals surface area contributed by atoms with Crippen molar-refractivity contribution in [1.82, 2.24) is 24.7 Å². The van der Waals surface area contributed by atoms with Gasteiger partial charge < -0.3 is 30.4 Å². The summed E-state index contributed by atoms with van der Waals surface area (Å²) in [5.41, 5.74) is 6.89. The Morgan fingerprint density at radius 1 is 1.00 bits per heavy atom. The maximum absolute atomic E-state index is 15.0. The number of hydrogen-bond acceptors (Lipinski definition) is 8. The molecule has 0 spiro atoms. The second-order valence-corrected chi connectivity index (χ2v) is 13.7. The SMILES string of the molecule is CCC(=O)N(CCC(N)C(=O)NCCOCCN1C(=O)C=CC1=O)C(c1nc(-c2cc(F)ccc2F)cn1Cc1ccccc1)C(C)(C)C.O=C(O)C(F)(F)F. The highest BCUT2D eigenvalue weighted by atomic mass is 19.4. The third-order valence-electron chi connectivity index (χ3n) is 8.37. The molecule has 0 saturated heterocycles. The molecule has 2 atom stereocenters. The molecule has 304 valence electrons. The van der Waals surface area contributed by atoms with Crippen LogP contribution in [0.2, 0.25) is 0 Å². The van der Waals surface area contributed by atoms with Gasteiger partial charge in [0, 0.05) is 50.0 Å². The van der Waals surface area contributed by atoms with Crippen LogP contribution in [0.15, 0.2) is 66.9 Å². The number of carbonyl (C=O) groups is 5. The number of ether oxygens (including phenoxy) is 1. The fraction of sp³-hybridized carbons (Fsp3) is 0.421. The maximum atomic E-state index is 15.0. The predicted molar refractivity (Wildman–Crippen MR) is 193 cm³/mol. The monoisotopic (exact) mass is 792 g/mol. The summed E-state index contributed by atoms with van der Waals surface area (Å²) in [6, 6.07) is 11.2. The van der Waals surface area contributed by atoms with E-state index in [0.29, 0.717) is 12.4 Å². The number of benzene rings is 2. The molecule has 0 bridgehead atoms. The molecule has 4 N–H and O–H groups in total. The molecule has 18 heteroatoms. The Kier molecular flexibility index (Phi) is 16.0. The smallest absolute Gasteiger partial charge is 0.475 e. The molecule has 0 fully saturated rings. The average molecular weight is 793 g/mol. The second-order valence-electron chi connectivity index (χ2n) is 13.7. The van der Waals surface area contributed by atoms with Crippen molar-refractivity contribution in [3.63, 3.8) is 0 Å². The molecule has 3 aromatic rings. The van der Waals surface area contributed by atoms with Crippen molar-refractivity contribution in [3.05, 3.63) is 89.9 Å². The Balaban J connectivity index is 0.00000109. The van der Waals surface area contributed by atoms with Crippen LogP contribution in [0.3, 0.4) is 0 Å². The molecule has 2 heterocycles. The van der Waals surface area contributed by atoms with Gasteiger partial charge in [0.1, 0.15) is 17.5 Å². The molecular formula is C38H45F5N6O7. The van der Waals surface area contributed by atoms with Gasteiger partial charge in [-0.25, -0.2) is 18.6 Å². The molecule has 1 aliphatic heterocycles. The van der Waals surface area contributed by atoms with Gasteiger partial charge in [-0.1, -0.05) is 58.0 Å². The first-order chi connectivity index (χ1) is 26.2. The van der Waals surface area contributed by atoms with Crippen LogP contribution < -0.4 is 11.1 Å². The first kappa shape index (κ1) is 44.9. The van der Waals surface area contributed by atoms with Crippen LogP contribution in [-0.2, 0) is 35.3 Å². The van der Waals surface area contributed by atoms with Crippen molar-refractivity contribution in [2.24, 2.45) is 11.1 Å². The number of carboxylic acid groups (broad SMARTS) is 1. The van der Waals surface area contributed by atoms with E-state index in [0.717, 1.165) is 28.7 Å². The Bertz CT molecular complexity index is 1860. The average Bonchev–Trinajstić information content (AvgIpc) is 3.68. The van der Waals surface area contributed by atoms with E-state index in [-0.39, 0.29) is 62.9 Å². The number of rotatable bonds is 16.